The van der Waals surface area contributed by atoms with E-state index in [4.69, 9.17) is 23.7 Å². The lowest BCUT2D eigenvalue weighted by molar-refractivity contribution is -0.240. The zero-order chi connectivity index (χ0) is 39.1. The van der Waals surface area contributed by atoms with E-state index in [1.807, 2.05) is 78.9 Å². The molecular weight excluding hydrogens is 714 g/mol. The fourth-order valence-corrected chi connectivity index (χ4v) is 6.74. The van der Waals surface area contributed by atoms with E-state index in [0.29, 0.717) is 28.2 Å². The molecule has 1 aromatic heterocycles. The van der Waals surface area contributed by atoms with Crippen LogP contribution in [-0.2, 0) is 19.8 Å². The van der Waals surface area contributed by atoms with Crippen molar-refractivity contribution in [1.82, 2.24) is 9.55 Å². The highest BCUT2D eigenvalue weighted by Gasteiger charge is 2.49. The van der Waals surface area contributed by atoms with E-state index in [0.717, 1.165) is 10.1 Å². The van der Waals surface area contributed by atoms with Crippen LogP contribution in [0.2, 0.25) is 0 Å². The number of nitrogens with zero attached hydrogens (tertiary/aromatic N) is 2. The van der Waals surface area contributed by atoms with Gasteiger partial charge in [0.2, 0.25) is 0 Å². The fraction of sp³-hybridized carbons (Fsp3) is 0.182. The highest BCUT2D eigenvalue weighted by molar-refractivity contribution is 6.03. The van der Waals surface area contributed by atoms with E-state index in [-0.39, 0.29) is 18.0 Å². The van der Waals surface area contributed by atoms with Crippen molar-refractivity contribution in [2.45, 2.75) is 30.1 Å². The molecule has 12 nitrogen and oxygen atoms in total. The molecular formula is C44H39N3O9. The number of benzene rings is 5. The molecule has 1 aliphatic heterocycles. The molecule has 1 fully saturated rings. The molecule has 5 aromatic carbocycles. The van der Waals surface area contributed by atoms with Crippen LogP contribution in [0.1, 0.15) is 43.6 Å². The van der Waals surface area contributed by atoms with E-state index in [9.17, 15) is 19.5 Å². The monoisotopic (exact) mass is 753 g/mol. The Morgan fingerprint density at radius 1 is 0.732 bits per heavy atom. The molecule has 56 heavy (non-hydrogen) atoms. The molecule has 0 aliphatic carbocycles. The maximum Gasteiger partial charge on any atom is 0.351 e. The largest absolute Gasteiger partial charge is 0.497 e. The summed E-state index contributed by atoms with van der Waals surface area (Å²) >= 11 is 0. The molecule has 2 N–H and O–H groups in total. The number of aliphatic hydroxyl groups excluding tert-OH is 1. The summed E-state index contributed by atoms with van der Waals surface area (Å²) in [5, 5.41) is 14.7. The van der Waals surface area contributed by atoms with Gasteiger partial charge < -0.3 is 34.1 Å². The normalized spacial score (nSPS) is 18.1. The summed E-state index contributed by atoms with van der Waals surface area (Å²) in [5.41, 5.74) is 0.583. The predicted octanol–water partition coefficient (Wildman–Crippen LogP) is 6.01. The Kier molecular flexibility index (Phi) is 11.3. The van der Waals surface area contributed by atoms with Gasteiger partial charge in [0.1, 0.15) is 35.1 Å². The second-order valence-corrected chi connectivity index (χ2v) is 12.9. The second kappa shape index (κ2) is 16.8. The lowest BCUT2D eigenvalue weighted by atomic mass is 9.79. The summed E-state index contributed by atoms with van der Waals surface area (Å²) in [7, 11) is 3.16. The van der Waals surface area contributed by atoms with Crippen LogP contribution in [-0.4, -0.2) is 65.7 Å². The third-order valence-corrected chi connectivity index (χ3v) is 9.56. The minimum absolute atomic E-state index is 0.00490. The van der Waals surface area contributed by atoms with E-state index in [1.165, 1.54) is 12.3 Å². The van der Waals surface area contributed by atoms with Crippen LogP contribution in [0.4, 0.5) is 5.82 Å². The quantitative estimate of drug-likeness (QED) is 0.113. The minimum Gasteiger partial charge on any atom is -0.497 e. The number of aliphatic hydroxyl groups is 1. The van der Waals surface area contributed by atoms with E-state index in [2.05, 4.69) is 10.3 Å². The first-order valence-corrected chi connectivity index (χ1v) is 17.8. The van der Waals surface area contributed by atoms with Gasteiger partial charge in [-0.15, -0.1) is 0 Å². The molecule has 4 atom stereocenters. The number of methoxy groups -OCH3 is 2. The van der Waals surface area contributed by atoms with E-state index < -0.39 is 47.7 Å². The summed E-state index contributed by atoms with van der Waals surface area (Å²) in [6, 6.07) is 42.6. The van der Waals surface area contributed by atoms with Crippen molar-refractivity contribution in [3.8, 4) is 11.5 Å². The van der Waals surface area contributed by atoms with Gasteiger partial charge >= 0.3 is 11.7 Å². The highest BCUT2D eigenvalue weighted by atomic mass is 16.6. The topological polar surface area (TPSA) is 147 Å². The van der Waals surface area contributed by atoms with Crippen molar-refractivity contribution >= 4 is 17.7 Å². The van der Waals surface area contributed by atoms with Gasteiger partial charge in [-0.25, -0.2) is 9.59 Å². The number of nitrogens with one attached hydrogen (secondary N) is 1. The van der Waals surface area contributed by atoms with Crippen LogP contribution < -0.4 is 20.5 Å². The number of hydrogen-bond acceptors (Lipinski definition) is 10. The number of carbonyl (C=O) groups excluding carboxylic acids is 2. The zero-order valence-corrected chi connectivity index (χ0v) is 30.6. The number of esters is 1. The van der Waals surface area contributed by atoms with Crippen LogP contribution in [0.3, 0.4) is 0 Å². The Morgan fingerprint density at radius 2 is 1.25 bits per heavy atom. The van der Waals surface area contributed by atoms with Crippen LogP contribution in [0.25, 0.3) is 0 Å². The standard InChI is InChI=1S/C44H39N3O9/c1-52-34-22-18-32(19-23-34)44(31-16-10-5-11-17-31,33-20-24-35(53-2)25-21-33)56-36-28-54-41(38(48)39(36)55-42(50)30-14-8-4-9-15-30)47-27-26-37(46-43(47)51)45-40(49)29-12-6-3-7-13-29/h3-27,36,38-39,41,48H,28H2,1-2H3,(H,45,46,49,51)/t36-,38-,39-,41?/m1/s1. The smallest absolute Gasteiger partial charge is 0.351 e. The third-order valence-electron chi connectivity index (χ3n) is 9.56. The minimum atomic E-state index is -1.63. The number of hydrogen-bond donors (Lipinski definition) is 2. The number of aromatic nitrogens is 2. The summed E-state index contributed by atoms with van der Waals surface area (Å²) in [6.45, 7) is -0.228. The lowest BCUT2D eigenvalue weighted by Gasteiger charge is -2.45. The number of carbonyl (C=O) groups is 2. The molecule has 2 heterocycles. The summed E-state index contributed by atoms with van der Waals surface area (Å²) in [6.07, 6.45) is -4.11. The summed E-state index contributed by atoms with van der Waals surface area (Å²) in [5.74, 6) is 0.0960. The number of amides is 1. The Bertz CT molecular complexity index is 2260. The van der Waals surface area contributed by atoms with Gasteiger partial charge in [-0.2, -0.15) is 4.98 Å². The maximum atomic E-state index is 13.7. The van der Waals surface area contributed by atoms with Gasteiger partial charge in [-0.3, -0.25) is 9.36 Å². The molecule has 1 saturated heterocycles. The summed E-state index contributed by atoms with van der Waals surface area (Å²) < 4.78 is 31.6. The molecule has 0 radical (unpaired) electrons. The van der Waals surface area contributed by atoms with Crippen molar-refractivity contribution in [3.05, 3.63) is 190 Å². The number of ether oxygens (including phenoxy) is 5. The molecule has 0 spiro atoms. The first-order valence-electron chi connectivity index (χ1n) is 17.8. The fourth-order valence-electron chi connectivity index (χ4n) is 6.74. The van der Waals surface area contributed by atoms with Gasteiger partial charge in [0.05, 0.1) is 26.4 Å². The van der Waals surface area contributed by atoms with E-state index in [1.54, 1.807) is 74.9 Å². The van der Waals surface area contributed by atoms with Crippen LogP contribution in [0.5, 0.6) is 11.5 Å². The molecule has 1 amide bonds. The third kappa shape index (κ3) is 7.80. The number of rotatable bonds is 12. The van der Waals surface area contributed by atoms with Gasteiger partial charge in [-0.1, -0.05) is 91.0 Å². The van der Waals surface area contributed by atoms with E-state index >= 15 is 0 Å². The van der Waals surface area contributed by atoms with Gasteiger partial charge in [0.15, 0.2) is 12.3 Å². The SMILES string of the molecule is COc1ccc(C(O[C@@H]2COC(n3ccc(NC(=O)c4ccccc4)nc3=O)[C@H](O)[C@@H]2OC(=O)c2ccccc2)(c2ccccc2)c2ccc(OC)cc2)cc1. The first-order chi connectivity index (χ1) is 27.3. The molecule has 284 valence electrons. The Balaban J connectivity index is 1.28. The van der Waals surface area contributed by atoms with Crippen LogP contribution in [0.15, 0.2) is 157 Å². The second-order valence-electron chi connectivity index (χ2n) is 12.9. The molecule has 0 bridgehead atoms. The van der Waals surface area contributed by atoms with Gasteiger partial charge in [0.25, 0.3) is 5.91 Å². The predicted molar refractivity (Wildman–Crippen MR) is 207 cm³/mol. The average molecular weight is 754 g/mol. The summed E-state index contributed by atoms with van der Waals surface area (Å²) in [4.78, 5) is 44.0. The Labute approximate surface area is 322 Å². The molecule has 7 rings (SSSR count). The highest BCUT2D eigenvalue weighted by Crippen LogP contribution is 2.44. The van der Waals surface area contributed by atoms with Crippen LogP contribution >= 0.6 is 0 Å². The van der Waals surface area contributed by atoms with Crippen molar-refractivity contribution in [1.29, 1.82) is 0 Å². The van der Waals surface area contributed by atoms with Gasteiger partial charge in [0, 0.05) is 11.8 Å². The van der Waals surface area contributed by atoms with Crippen molar-refractivity contribution in [3.63, 3.8) is 0 Å². The molecule has 6 aromatic rings. The molecule has 12 heteroatoms. The first kappa shape index (κ1) is 37.7. The molecule has 1 unspecified atom stereocenters. The molecule has 0 saturated carbocycles. The Hall–Kier alpha value is -6.60. The van der Waals surface area contributed by atoms with Crippen molar-refractivity contribution in [2.75, 3.05) is 26.1 Å². The average Bonchev–Trinajstić information content (AvgIpc) is 3.25. The zero-order valence-electron chi connectivity index (χ0n) is 30.6. The van der Waals surface area contributed by atoms with Crippen LogP contribution in [0, 0.1) is 0 Å². The van der Waals surface area contributed by atoms with Crippen molar-refractivity contribution in [2.24, 2.45) is 0 Å². The van der Waals surface area contributed by atoms with Gasteiger partial charge in [-0.05, 0) is 71.3 Å². The van der Waals surface area contributed by atoms with Crippen molar-refractivity contribution < 1.29 is 38.4 Å². The Morgan fingerprint density at radius 3 is 1.79 bits per heavy atom. The maximum absolute atomic E-state index is 13.7. The lowest BCUT2D eigenvalue weighted by Crippen LogP contribution is -2.57. The number of anilines is 1. The molecule has 1 aliphatic rings.